The van der Waals surface area contributed by atoms with E-state index in [9.17, 15) is 14.7 Å². The lowest BCUT2D eigenvalue weighted by Crippen LogP contribution is -2.63. The van der Waals surface area contributed by atoms with Crippen molar-refractivity contribution in [3.63, 3.8) is 0 Å². The van der Waals surface area contributed by atoms with Gasteiger partial charge >= 0.3 is 5.97 Å². The van der Waals surface area contributed by atoms with E-state index in [1.165, 1.54) is 12.0 Å². The summed E-state index contributed by atoms with van der Waals surface area (Å²) in [5.41, 5.74) is -0.656. The normalized spacial score (nSPS) is 28.2. The second-order valence-corrected chi connectivity index (χ2v) is 5.39. The van der Waals surface area contributed by atoms with Gasteiger partial charge in [0.05, 0.1) is 13.0 Å². The van der Waals surface area contributed by atoms with Crippen molar-refractivity contribution in [1.29, 1.82) is 0 Å². The van der Waals surface area contributed by atoms with Crippen LogP contribution in [0, 0.1) is 0 Å². The summed E-state index contributed by atoms with van der Waals surface area (Å²) in [6.07, 6.45) is 1.49. The fourth-order valence-corrected chi connectivity index (χ4v) is 3.03. The van der Waals surface area contributed by atoms with E-state index in [1.807, 2.05) is 30.3 Å². The molecule has 1 N–H and O–H groups in total. The first-order chi connectivity index (χ1) is 10.6. The first-order valence-corrected chi connectivity index (χ1v) is 7.05. The van der Waals surface area contributed by atoms with Crippen molar-refractivity contribution in [3.8, 4) is 0 Å². The molecule has 2 aliphatic heterocycles. The summed E-state index contributed by atoms with van der Waals surface area (Å²) < 4.78 is 10.7. The quantitative estimate of drug-likeness (QED) is 0.826. The monoisotopic (exact) mass is 303 g/mol. The second kappa shape index (κ2) is 5.46. The summed E-state index contributed by atoms with van der Waals surface area (Å²) in [6.45, 7) is 0.230. The van der Waals surface area contributed by atoms with Crippen LogP contribution in [0.5, 0.6) is 0 Å². The number of benzene rings is 1. The van der Waals surface area contributed by atoms with E-state index in [1.54, 1.807) is 6.08 Å². The van der Waals surface area contributed by atoms with Gasteiger partial charge in [-0.1, -0.05) is 30.3 Å². The van der Waals surface area contributed by atoms with Crippen molar-refractivity contribution in [2.24, 2.45) is 0 Å². The highest BCUT2D eigenvalue weighted by molar-refractivity contribution is 5.94. The number of aliphatic carboxylic acids is 1. The predicted molar refractivity (Wildman–Crippen MR) is 76.8 cm³/mol. The Hall–Kier alpha value is -2.34. The largest absolute Gasteiger partial charge is 0.479 e. The van der Waals surface area contributed by atoms with Gasteiger partial charge in [0.25, 0.3) is 0 Å². The molecule has 0 aromatic heterocycles. The average Bonchev–Trinajstić information content (AvgIpc) is 2.75. The number of carbonyl (C=O) groups is 2. The number of hydrogen-bond acceptors (Lipinski definition) is 4. The molecule has 0 bridgehead atoms. The minimum Gasteiger partial charge on any atom is -0.479 e. The molecule has 6 nitrogen and oxygen atoms in total. The third-order valence-corrected chi connectivity index (χ3v) is 4.08. The van der Waals surface area contributed by atoms with Gasteiger partial charge in [0, 0.05) is 13.5 Å². The van der Waals surface area contributed by atoms with Crippen LogP contribution in [0.2, 0.25) is 0 Å². The fraction of sp³-hybridized carbons (Fsp3) is 0.375. The lowest BCUT2D eigenvalue weighted by atomic mass is 9.85. The van der Waals surface area contributed by atoms with Crippen molar-refractivity contribution in [2.45, 2.75) is 24.6 Å². The Balaban J connectivity index is 2.04. The Kier molecular flexibility index (Phi) is 3.62. The molecular formula is C16H17NO5. The van der Waals surface area contributed by atoms with Gasteiger partial charge in [0.15, 0.2) is 6.23 Å². The van der Waals surface area contributed by atoms with Gasteiger partial charge in [-0.3, -0.25) is 9.69 Å². The molecule has 3 rings (SSSR count). The van der Waals surface area contributed by atoms with E-state index in [2.05, 4.69) is 0 Å². The van der Waals surface area contributed by atoms with Crippen LogP contribution < -0.4 is 0 Å². The Morgan fingerprint density at radius 1 is 1.50 bits per heavy atom. The van der Waals surface area contributed by atoms with Gasteiger partial charge in [-0.05, 0) is 11.6 Å². The van der Waals surface area contributed by atoms with Crippen molar-refractivity contribution >= 4 is 11.9 Å². The number of carboxylic acid groups (broad SMARTS) is 1. The van der Waals surface area contributed by atoms with Crippen LogP contribution >= 0.6 is 0 Å². The maximum atomic E-state index is 12.1. The van der Waals surface area contributed by atoms with E-state index in [0.717, 1.165) is 5.56 Å². The van der Waals surface area contributed by atoms with Gasteiger partial charge in [-0.15, -0.1) is 0 Å². The number of nitrogens with zero attached hydrogens (tertiary/aromatic N) is 1. The molecule has 116 valence electrons. The summed E-state index contributed by atoms with van der Waals surface area (Å²) in [4.78, 5) is 25.4. The van der Waals surface area contributed by atoms with Gasteiger partial charge in [0.2, 0.25) is 11.4 Å². The van der Waals surface area contributed by atoms with Gasteiger partial charge < -0.3 is 14.6 Å². The molecule has 6 heteroatoms. The first-order valence-electron chi connectivity index (χ1n) is 7.05. The van der Waals surface area contributed by atoms with E-state index < -0.39 is 17.7 Å². The van der Waals surface area contributed by atoms with Crippen LogP contribution in [0.1, 0.15) is 12.0 Å². The molecule has 0 radical (unpaired) electrons. The third-order valence-electron chi connectivity index (χ3n) is 4.08. The number of hydrogen-bond donors (Lipinski definition) is 1. The minimum absolute atomic E-state index is 0.168. The van der Waals surface area contributed by atoms with E-state index in [4.69, 9.17) is 9.47 Å². The maximum Gasteiger partial charge on any atom is 0.338 e. The van der Waals surface area contributed by atoms with Gasteiger partial charge in [-0.2, -0.15) is 0 Å². The summed E-state index contributed by atoms with van der Waals surface area (Å²) >= 11 is 0. The highest BCUT2D eigenvalue weighted by Gasteiger charge is 2.64. The maximum absolute atomic E-state index is 12.1. The van der Waals surface area contributed by atoms with E-state index >= 15 is 0 Å². The number of carbonyl (C=O) groups excluding carboxylic acids is 1. The average molecular weight is 303 g/mol. The molecule has 2 atom stereocenters. The molecular weight excluding hydrogens is 286 g/mol. The first kappa shape index (κ1) is 14.6. The van der Waals surface area contributed by atoms with Gasteiger partial charge in [-0.25, -0.2) is 4.79 Å². The van der Waals surface area contributed by atoms with Crippen molar-refractivity contribution < 1.29 is 24.2 Å². The highest BCUT2D eigenvalue weighted by atomic mass is 16.5. The number of rotatable bonds is 5. The fourth-order valence-electron chi connectivity index (χ4n) is 3.03. The molecule has 2 aliphatic rings. The molecule has 1 aromatic rings. The SMILES string of the molecule is COC/C=C1\O[C@@H]2CC(=O)N2[C@@]1(Cc1ccccc1)C(=O)O. The van der Waals surface area contributed by atoms with Crippen LogP contribution in [-0.4, -0.2) is 47.4 Å². The zero-order valence-electron chi connectivity index (χ0n) is 12.2. The molecule has 2 heterocycles. The smallest absolute Gasteiger partial charge is 0.338 e. The number of β-lactam (4-membered cyclic amide) rings is 1. The molecule has 22 heavy (non-hydrogen) atoms. The molecule has 1 amide bonds. The summed E-state index contributed by atoms with van der Waals surface area (Å²) in [5, 5.41) is 9.88. The van der Waals surface area contributed by atoms with Crippen molar-refractivity contribution in [3.05, 3.63) is 47.7 Å². The number of fused-ring (bicyclic) bond motifs is 1. The minimum atomic E-state index is -1.49. The lowest BCUT2D eigenvalue weighted by Gasteiger charge is -2.40. The van der Waals surface area contributed by atoms with Crippen LogP contribution in [-0.2, 0) is 25.5 Å². The number of methoxy groups -OCH3 is 1. The van der Waals surface area contributed by atoms with Gasteiger partial charge in [0.1, 0.15) is 5.76 Å². The Bertz CT molecular complexity index is 627. The summed E-state index contributed by atoms with van der Waals surface area (Å²) in [6, 6.07) is 9.23. The van der Waals surface area contributed by atoms with Crippen LogP contribution in [0.4, 0.5) is 0 Å². The standard InChI is InChI=1S/C16H17NO5/c1-21-8-7-12-16(15(19)20,10-11-5-3-2-4-6-11)17-13(18)9-14(17)22-12/h2-7,14H,8-10H2,1H3,(H,19,20)/b12-7-/t14-,16-/m1/s1. The van der Waals surface area contributed by atoms with Crippen molar-refractivity contribution in [1.82, 2.24) is 4.90 Å². The third kappa shape index (κ3) is 2.07. The molecule has 1 aromatic carbocycles. The zero-order valence-corrected chi connectivity index (χ0v) is 12.2. The second-order valence-electron chi connectivity index (χ2n) is 5.39. The van der Waals surface area contributed by atoms with Crippen molar-refractivity contribution in [2.75, 3.05) is 13.7 Å². The van der Waals surface area contributed by atoms with Crippen LogP contribution in [0.3, 0.4) is 0 Å². The number of carboxylic acids is 1. The Labute approximate surface area is 127 Å². The zero-order chi connectivity index (χ0) is 15.7. The highest BCUT2D eigenvalue weighted by Crippen LogP contribution is 2.46. The molecule has 2 saturated heterocycles. The van der Waals surface area contributed by atoms with Crippen LogP contribution in [0.25, 0.3) is 0 Å². The van der Waals surface area contributed by atoms with E-state index in [-0.39, 0.29) is 31.1 Å². The molecule has 0 saturated carbocycles. The molecule has 0 spiro atoms. The number of amides is 1. The Morgan fingerprint density at radius 3 is 2.82 bits per heavy atom. The van der Waals surface area contributed by atoms with Crippen LogP contribution in [0.15, 0.2) is 42.2 Å². The summed E-state index contributed by atoms with van der Waals surface area (Å²) in [5.74, 6) is -1.01. The molecule has 2 fully saturated rings. The van der Waals surface area contributed by atoms with E-state index in [0.29, 0.717) is 0 Å². The Morgan fingerprint density at radius 2 is 2.23 bits per heavy atom. The molecule has 0 unspecified atom stereocenters. The molecule has 0 aliphatic carbocycles. The lowest BCUT2D eigenvalue weighted by molar-refractivity contribution is -0.170. The predicted octanol–water partition coefficient (Wildman–Crippen LogP) is 1.17. The number of ether oxygens (including phenoxy) is 2. The topological polar surface area (TPSA) is 76.1 Å². The summed E-state index contributed by atoms with van der Waals surface area (Å²) in [7, 11) is 1.52.